The Morgan fingerprint density at radius 2 is 1.87 bits per heavy atom. The fourth-order valence-corrected chi connectivity index (χ4v) is 3.83. The maximum absolute atomic E-state index is 13.7. The number of nitrogens with one attached hydrogen (secondary N) is 1. The largest absolute Gasteiger partial charge is 0.448 e. The molecule has 11 heteroatoms. The molecule has 160 valence electrons. The molecule has 1 aromatic carbocycles. The Morgan fingerprint density at radius 3 is 2.48 bits per heavy atom. The second kappa shape index (κ2) is 8.12. The summed E-state index contributed by atoms with van der Waals surface area (Å²) in [6.07, 6.45) is -4.74. The summed E-state index contributed by atoms with van der Waals surface area (Å²) >= 11 is 6.32. The van der Waals surface area contributed by atoms with Crippen LogP contribution in [0.15, 0.2) is 62.1 Å². The second-order valence-corrected chi connectivity index (χ2v) is 8.21. The Morgan fingerprint density at radius 1 is 1.16 bits per heavy atom. The maximum Gasteiger partial charge on any atom is 0.433 e. The first-order valence-corrected chi connectivity index (χ1v) is 10.5. The predicted molar refractivity (Wildman–Crippen MR) is 113 cm³/mol. The Balaban J connectivity index is 1.79. The van der Waals surface area contributed by atoms with Crippen LogP contribution in [-0.2, 0) is 6.18 Å². The van der Waals surface area contributed by atoms with Crippen molar-refractivity contribution in [2.75, 3.05) is 0 Å². The summed E-state index contributed by atoms with van der Waals surface area (Å²) in [5.41, 5.74) is -0.657. The number of nitrogens with zero attached hydrogens (tertiary/aromatic N) is 3. The number of carbonyl (C=O) groups excluding carboxylic acids is 1. The van der Waals surface area contributed by atoms with Crippen LogP contribution in [0.2, 0.25) is 0 Å². The number of hydrogen-bond acceptors (Lipinski definition) is 4. The number of benzene rings is 1. The topological polar surface area (TPSA) is 72.4 Å². The van der Waals surface area contributed by atoms with Gasteiger partial charge in [0.15, 0.2) is 27.5 Å². The average molecular weight is 558 g/mol. The number of carbonyl (C=O) groups is 1. The van der Waals surface area contributed by atoms with Gasteiger partial charge in [0.1, 0.15) is 5.69 Å². The Kier molecular flexibility index (Phi) is 5.65. The lowest BCUT2D eigenvalue weighted by Gasteiger charge is -2.13. The van der Waals surface area contributed by atoms with Crippen molar-refractivity contribution in [1.82, 2.24) is 19.9 Å². The van der Waals surface area contributed by atoms with Gasteiger partial charge in [-0.15, -0.1) is 0 Å². The SMILES string of the molecule is CC(NC(=O)c1nn2c(C(F)(F)F)cc(-c3ccc(Br)o3)nc2c1Br)c1ccccc1. The van der Waals surface area contributed by atoms with Gasteiger partial charge in [0, 0.05) is 0 Å². The highest BCUT2D eigenvalue weighted by molar-refractivity contribution is 9.10. The lowest BCUT2D eigenvalue weighted by molar-refractivity contribution is -0.142. The van der Waals surface area contributed by atoms with Crippen LogP contribution < -0.4 is 5.32 Å². The summed E-state index contributed by atoms with van der Waals surface area (Å²) < 4.78 is 47.6. The van der Waals surface area contributed by atoms with Crippen molar-refractivity contribution in [1.29, 1.82) is 0 Å². The van der Waals surface area contributed by atoms with Gasteiger partial charge in [-0.25, -0.2) is 9.50 Å². The van der Waals surface area contributed by atoms with Crippen LogP contribution >= 0.6 is 31.9 Å². The molecule has 3 heterocycles. The monoisotopic (exact) mass is 556 g/mol. The molecule has 0 aliphatic rings. The molecular formula is C20H13Br2F3N4O2. The molecule has 0 saturated heterocycles. The van der Waals surface area contributed by atoms with E-state index in [9.17, 15) is 18.0 Å². The van der Waals surface area contributed by atoms with E-state index in [2.05, 4.69) is 47.3 Å². The van der Waals surface area contributed by atoms with Gasteiger partial charge in [-0.05, 0) is 62.5 Å². The second-order valence-electron chi connectivity index (χ2n) is 6.63. The van der Waals surface area contributed by atoms with Gasteiger partial charge >= 0.3 is 6.18 Å². The fourth-order valence-electron chi connectivity index (χ4n) is 3.01. The smallest absolute Gasteiger partial charge is 0.433 e. The van der Waals surface area contributed by atoms with Gasteiger partial charge < -0.3 is 9.73 Å². The predicted octanol–water partition coefficient (Wildman–Crippen LogP) is 6.02. The average Bonchev–Trinajstić information content (AvgIpc) is 3.31. The number of aromatic nitrogens is 3. The summed E-state index contributed by atoms with van der Waals surface area (Å²) in [6, 6.07) is 12.6. The zero-order valence-corrected chi connectivity index (χ0v) is 18.9. The van der Waals surface area contributed by atoms with Gasteiger partial charge in [-0.1, -0.05) is 30.3 Å². The zero-order valence-electron chi connectivity index (χ0n) is 15.7. The van der Waals surface area contributed by atoms with Crippen molar-refractivity contribution in [2.24, 2.45) is 0 Å². The first-order valence-electron chi connectivity index (χ1n) is 8.93. The van der Waals surface area contributed by atoms with Crippen molar-refractivity contribution < 1.29 is 22.4 Å². The number of hydrogen-bond donors (Lipinski definition) is 1. The van der Waals surface area contributed by atoms with Gasteiger partial charge in [0.2, 0.25) is 0 Å². The van der Waals surface area contributed by atoms with E-state index in [4.69, 9.17) is 4.42 Å². The number of amides is 1. The molecule has 1 atom stereocenters. The van der Waals surface area contributed by atoms with Crippen molar-refractivity contribution >= 4 is 43.4 Å². The molecule has 0 fully saturated rings. The quantitative estimate of drug-likeness (QED) is 0.333. The summed E-state index contributed by atoms with van der Waals surface area (Å²) in [4.78, 5) is 17.0. The summed E-state index contributed by atoms with van der Waals surface area (Å²) in [7, 11) is 0. The summed E-state index contributed by atoms with van der Waals surface area (Å²) in [5.74, 6) is -0.499. The molecule has 0 aliphatic heterocycles. The normalized spacial score (nSPS) is 12.8. The maximum atomic E-state index is 13.7. The van der Waals surface area contributed by atoms with Crippen LogP contribution in [0.3, 0.4) is 0 Å². The highest BCUT2D eigenvalue weighted by atomic mass is 79.9. The molecule has 0 bridgehead atoms. The summed E-state index contributed by atoms with van der Waals surface area (Å²) in [5, 5.41) is 6.64. The number of fused-ring (bicyclic) bond motifs is 1. The van der Waals surface area contributed by atoms with E-state index in [1.165, 1.54) is 6.07 Å². The molecule has 3 aromatic heterocycles. The molecule has 0 spiro atoms. The van der Waals surface area contributed by atoms with E-state index in [-0.39, 0.29) is 33.3 Å². The summed E-state index contributed by atoms with van der Waals surface area (Å²) in [6.45, 7) is 1.77. The molecule has 6 nitrogen and oxygen atoms in total. The van der Waals surface area contributed by atoms with Gasteiger partial charge in [-0.3, -0.25) is 4.79 Å². The van der Waals surface area contributed by atoms with Crippen LogP contribution in [0, 0.1) is 0 Å². The minimum absolute atomic E-state index is 0.0447. The number of furan rings is 1. The zero-order chi connectivity index (χ0) is 22.3. The first-order chi connectivity index (χ1) is 14.6. The third-order valence-corrected chi connectivity index (χ3v) is 5.67. The van der Waals surface area contributed by atoms with E-state index in [1.54, 1.807) is 13.0 Å². The molecule has 4 rings (SSSR count). The van der Waals surface area contributed by atoms with Gasteiger partial charge in [0.05, 0.1) is 10.5 Å². The van der Waals surface area contributed by atoms with Crippen molar-refractivity contribution in [2.45, 2.75) is 19.1 Å². The highest BCUT2D eigenvalue weighted by Crippen LogP contribution is 2.35. The molecular weight excluding hydrogens is 545 g/mol. The van der Waals surface area contributed by atoms with Crippen LogP contribution in [-0.4, -0.2) is 20.5 Å². The molecule has 31 heavy (non-hydrogen) atoms. The van der Waals surface area contributed by atoms with Crippen LogP contribution in [0.1, 0.15) is 34.7 Å². The standard InChI is InChI=1S/C20H13Br2F3N4O2/c1-10(11-5-3-2-4-6-11)26-19(30)17-16(22)18-27-12(13-7-8-15(21)31-13)9-14(20(23,24)25)29(18)28-17/h2-10H,1H3,(H,26,30). The van der Waals surface area contributed by atoms with Gasteiger partial charge in [-0.2, -0.15) is 18.3 Å². The number of alkyl halides is 3. The van der Waals surface area contributed by atoms with Crippen molar-refractivity contribution in [3.63, 3.8) is 0 Å². The minimum atomic E-state index is -4.74. The van der Waals surface area contributed by atoms with E-state index in [0.717, 1.165) is 11.6 Å². The van der Waals surface area contributed by atoms with Crippen molar-refractivity contribution in [3.8, 4) is 11.5 Å². The minimum Gasteiger partial charge on any atom is -0.448 e. The molecule has 1 unspecified atom stereocenters. The molecule has 4 aromatic rings. The van der Waals surface area contributed by atoms with Crippen LogP contribution in [0.4, 0.5) is 13.2 Å². The lowest BCUT2D eigenvalue weighted by atomic mass is 10.1. The van der Waals surface area contributed by atoms with Gasteiger partial charge in [0.25, 0.3) is 5.91 Å². The Hall–Kier alpha value is -2.66. The van der Waals surface area contributed by atoms with Crippen LogP contribution in [0.5, 0.6) is 0 Å². The fraction of sp³-hybridized carbons (Fsp3) is 0.150. The van der Waals surface area contributed by atoms with E-state index < -0.39 is 17.8 Å². The Labute approximate surface area is 190 Å². The molecule has 0 radical (unpaired) electrons. The lowest BCUT2D eigenvalue weighted by Crippen LogP contribution is -2.27. The van der Waals surface area contributed by atoms with E-state index in [0.29, 0.717) is 9.18 Å². The molecule has 0 saturated carbocycles. The number of rotatable bonds is 4. The third-order valence-electron chi connectivity index (χ3n) is 4.51. The van der Waals surface area contributed by atoms with E-state index in [1.807, 2.05) is 30.3 Å². The highest BCUT2D eigenvalue weighted by Gasteiger charge is 2.37. The van der Waals surface area contributed by atoms with E-state index >= 15 is 0 Å². The Bertz CT molecular complexity index is 1270. The van der Waals surface area contributed by atoms with Crippen molar-refractivity contribution in [3.05, 3.63) is 74.6 Å². The molecule has 1 amide bonds. The molecule has 1 N–H and O–H groups in total. The number of halogens is 5. The first kappa shape index (κ1) is 21.6. The molecule has 0 aliphatic carbocycles. The third kappa shape index (κ3) is 4.24. The van der Waals surface area contributed by atoms with Crippen LogP contribution in [0.25, 0.3) is 17.1 Å².